The van der Waals surface area contributed by atoms with Crippen LogP contribution in [0.1, 0.15) is 6.42 Å². The van der Waals surface area contributed by atoms with Crippen LogP contribution in [0.4, 0.5) is 15.8 Å². The SMILES string of the molecule is O=C1CC(N(O)c2ccccc2)C(=O)N1c1ccccc1F. The van der Waals surface area contributed by atoms with Gasteiger partial charge in [0, 0.05) is 0 Å². The number of anilines is 2. The highest BCUT2D eigenvalue weighted by Crippen LogP contribution is 2.29. The topological polar surface area (TPSA) is 60.9 Å². The van der Waals surface area contributed by atoms with Gasteiger partial charge in [0.2, 0.25) is 5.91 Å². The van der Waals surface area contributed by atoms with E-state index in [-0.39, 0.29) is 12.1 Å². The van der Waals surface area contributed by atoms with Gasteiger partial charge in [-0.2, -0.15) is 0 Å². The molecule has 0 spiro atoms. The predicted octanol–water partition coefficient (Wildman–Crippen LogP) is 2.35. The van der Waals surface area contributed by atoms with Crippen LogP contribution in [0, 0.1) is 5.82 Å². The molecule has 0 radical (unpaired) electrons. The molecule has 0 bridgehead atoms. The lowest BCUT2D eigenvalue weighted by Gasteiger charge is -2.22. The normalized spacial score (nSPS) is 17.9. The first-order valence-corrected chi connectivity index (χ1v) is 6.74. The minimum atomic E-state index is -1.06. The Kier molecular flexibility index (Phi) is 3.60. The number of rotatable bonds is 3. The maximum atomic E-state index is 13.8. The van der Waals surface area contributed by atoms with E-state index in [0.29, 0.717) is 5.69 Å². The molecule has 2 amide bonds. The molecule has 1 atom stereocenters. The van der Waals surface area contributed by atoms with Crippen LogP contribution < -0.4 is 9.96 Å². The van der Waals surface area contributed by atoms with E-state index >= 15 is 0 Å². The summed E-state index contributed by atoms with van der Waals surface area (Å²) in [5, 5.41) is 10.9. The van der Waals surface area contributed by atoms with Gasteiger partial charge < -0.3 is 0 Å². The maximum Gasteiger partial charge on any atom is 0.259 e. The molecule has 1 N–H and O–H groups in total. The molecular formula is C16H13FN2O3. The van der Waals surface area contributed by atoms with Crippen LogP contribution in [0.25, 0.3) is 0 Å². The Hall–Kier alpha value is -2.73. The molecule has 0 aliphatic carbocycles. The lowest BCUT2D eigenvalue weighted by molar-refractivity contribution is -0.121. The van der Waals surface area contributed by atoms with Crippen molar-refractivity contribution in [3.8, 4) is 0 Å². The van der Waals surface area contributed by atoms with Gasteiger partial charge in [-0.3, -0.25) is 14.8 Å². The molecule has 1 aliphatic rings. The minimum Gasteiger partial charge on any atom is -0.288 e. The van der Waals surface area contributed by atoms with E-state index in [1.807, 2.05) is 0 Å². The number of amides is 2. The third kappa shape index (κ3) is 2.33. The summed E-state index contributed by atoms with van der Waals surface area (Å²) in [7, 11) is 0. The van der Waals surface area contributed by atoms with Gasteiger partial charge in [-0.15, -0.1) is 0 Å². The molecule has 1 aliphatic heterocycles. The second kappa shape index (κ2) is 5.57. The number of carbonyl (C=O) groups excluding carboxylic acids is 2. The van der Waals surface area contributed by atoms with E-state index in [1.54, 1.807) is 36.4 Å². The second-order valence-corrected chi connectivity index (χ2v) is 4.92. The lowest BCUT2D eigenvalue weighted by atomic mass is 10.2. The van der Waals surface area contributed by atoms with Crippen molar-refractivity contribution in [2.24, 2.45) is 0 Å². The smallest absolute Gasteiger partial charge is 0.259 e. The van der Waals surface area contributed by atoms with Gasteiger partial charge in [-0.1, -0.05) is 30.3 Å². The maximum absolute atomic E-state index is 13.8. The monoisotopic (exact) mass is 300 g/mol. The van der Waals surface area contributed by atoms with E-state index in [4.69, 9.17) is 0 Å². The molecular weight excluding hydrogens is 287 g/mol. The Bertz CT molecular complexity index is 720. The zero-order chi connectivity index (χ0) is 15.7. The highest BCUT2D eigenvalue weighted by molar-refractivity contribution is 6.23. The zero-order valence-electron chi connectivity index (χ0n) is 11.5. The van der Waals surface area contributed by atoms with Gasteiger partial charge in [-0.05, 0) is 24.3 Å². The Balaban J connectivity index is 1.91. The number of carbonyl (C=O) groups is 2. The highest BCUT2D eigenvalue weighted by atomic mass is 19.1. The number of imide groups is 1. The van der Waals surface area contributed by atoms with Crippen LogP contribution >= 0.6 is 0 Å². The molecule has 3 rings (SSSR count). The summed E-state index contributed by atoms with van der Waals surface area (Å²) < 4.78 is 13.8. The fourth-order valence-electron chi connectivity index (χ4n) is 2.45. The highest BCUT2D eigenvalue weighted by Gasteiger charge is 2.43. The van der Waals surface area contributed by atoms with Crippen LogP contribution in [-0.2, 0) is 9.59 Å². The molecule has 0 saturated carbocycles. The van der Waals surface area contributed by atoms with Crippen molar-refractivity contribution in [3.63, 3.8) is 0 Å². The average molecular weight is 300 g/mol. The summed E-state index contributed by atoms with van der Waals surface area (Å²) in [6.45, 7) is 0. The fraction of sp³-hybridized carbons (Fsp3) is 0.125. The summed E-state index contributed by atoms with van der Waals surface area (Å²) in [4.78, 5) is 25.3. The molecule has 6 heteroatoms. The van der Waals surface area contributed by atoms with Gasteiger partial charge >= 0.3 is 0 Å². The Morgan fingerprint density at radius 1 is 1.05 bits per heavy atom. The molecule has 112 valence electrons. The fourth-order valence-corrected chi connectivity index (χ4v) is 2.45. The zero-order valence-corrected chi connectivity index (χ0v) is 11.5. The molecule has 0 aromatic heterocycles. The molecule has 1 saturated heterocycles. The van der Waals surface area contributed by atoms with Crippen LogP contribution in [0.2, 0.25) is 0 Å². The van der Waals surface area contributed by atoms with Crippen LogP contribution in [0.5, 0.6) is 0 Å². The van der Waals surface area contributed by atoms with Gasteiger partial charge in [0.25, 0.3) is 5.91 Å². The Labute approximate surface area is 126 Å². The average Bonchev–Trinajstić information content (AvgIpc) is 2.83. The summed E-state index contributed by atoms with van der Waals surface area (Å²) in [6.07, 6.45) is -0.210. The summed E-state index contributed by atoms with van der Waals surface area (Å²) >= 11 is 0. The molecule has 1 fully saturated rings. The summed E-state index contributed by atoms with van der Waals surface area (Å²) in [6, 6.07) is 12.9. The van der Waals surface area contributed by atoms with Gasteiger partial charge in [0.05, 0.1) is 17.8 Å². The van der Waals surface area contributed by atoms with Crippen molar-refractivity contribution < 1.29 is 19.2 Å². The Morgan fingerprint density at radius 3 is 2.36 bits per heavy atom. The van der Waals surface area contributed by atoms with E-state index in [1.165, 1.54) is 18.2 Å². The van der Waals surface area contributed by atoms with Crippen LogP contribution in [0.3, 0.4) is 0 Å². The quantitative estimate of drug-likeness (QED) is 0.698. The van der Waals surface area contributed by atoms with E-state index in [0.717, 1.165) is 9.96 Å². The number of hydrogen-bond donors (Lipinski definition) is 1. The molecule has 22 heavy (non-hydrogen) atoms. The standard InChI is InChI=1S/C16H13FN2O3/c17-12-8-4-5-9-13(12)18-15(20)10-14(16(18)21)19(22)11-6-2-1-3-7-11/h1-9,14,22H,10H2. The van der Waals surface area contributed by atoms with E-state index < -0.39 is 23.7 Å². The third-order valence-corrected chi connectivity index (χ3v) is 3.53. The lowest BCUT2D eigenvalue weighted by Crippen LogP contribution is -2.40. The summed E-state index contributed by atoms with van der Waals surface area (Å²) in [5.74, 6) is -1.86. The van der Waals surface area contributed by atoms with Gasteiger partial charge in [0.1, 0.15) is 11.9 Å². The predicted molar refractivity (Wildman–Crippen MR) is 78.0 cm³/mol. The van der Waals surface area contributed by atoms with Crippen molar-refractivity contribution in [3.05, 3.63) is 60.4 Å². The minimum absolute atomic E-state index is 0.0959. The number of hydrogen-bond acceptors (Lipinski definition) is 4. The molecule has 2 aromatic carbocycles. The van der Waals surface area contributed by atoms with Crippen molar-refractivity contribution in [1.82, 2.24) is 0 Å². The van der Waals surface area contributed by atoms with Gasteiger partial charge in [-0.25, -0.2) is 14.4 Å². The van der Waals surface area contributed by atoms with Crippen molar-refractivity contribution >= 4 is 23.2 Å². The number of benzene rings is 2. The third-order valence-electron chi connectivity index (χ3n) is 3.53. The van der Waals surface area contributed by atoms with Crippen molar-refractivity contribution in [2.45, 2.75) is 12.5 Å². The van der Waals surface area contributed by atoms with E-state index in [2.05, 4.69) is 0 Å². The summed E-state index contributed by atoms with van der Waals surface area (Å²) in [5.41, 5.74) is 0.297. The number of hydroxylamine groups is 1. The van der Waals surface area contributed by atoms with Crippen LogP contribution in [-0.4, -0.2) is 23.1 Å². The van der Waals surface area contributed by atoms with Crippen molar-refractivity contribution in [2.75, 3.05) is 9.96 Å². The largest absolute Gasteiger partial charge is 0.288 e. The number of para-hydroxylation sites is 2. The van der Waals surface area contributed by atoms with E-state index in [9.17, 15) is 19.2 Å². The molecule has 5 nitrogen and oxygen atoms in total. The second-order valence-electron chi connectivity index (χ2n) is 4.92. The number of nitrogens with zero attached hydrogens (tertiary/aromatic N) is 2. The van der Waals surface area contributed by atoms with Gasteiger partial charge in [0.15, 0.2) is 0 Å². The first kappa shape index (κ1) is 14.2. The van der Waals surface area contributed by atoms with Crippen molar-refractivity contribution in [1.29, 1.82) is 0 Å². The first-order valence-electron chi connectivity index (χ1n) is 6.74. The van der Waals surface area contributed by atoms with Crippen LogP contribution in [0.15, 0.2) is 54.6 Å². The molecule has 1 heterocycles. The number of halogens is 1. The molecule has 2 aromatic rings. The Morgan fingerprint density at radius 2 is 1.68 bits per heavy atom. The molecule has 1 unspecified atom stereocenters. The first-order chi connectivity index (χ1) is 10.6.